The molecule has 5 N–H and O–H groups in total. The summed E-state index contributed by atoms with van der Waals surface area (Å²) in [6, 6.07) is 19.4. The highest BCUT2D eigenvalue weighted by atomic mass is 32.2. The van der Waals surface area contributed by atoms with E-state index < -0.39 is 16.1 Å². The first-order valence-corrected chi connectivity index (χ1v) is 13.4. The van der Waals surface area contributed by atoms with Gasteiger partial charge >= 0.3 is 0 Å². The molecule has 1 atom stereocenters. The molecule has 198 valence electrons. The largest absolute Gasteiger partial charge is 0.508 e. The average Bonchev–Trinajstić information content (AvgIpc) is 2.87. The van der Waals surface area contributed by atoms with E-state index in [1.807, 2.05) is 12.1 Å². The molecule has 0 aromatic heterocycles. The lowest BCUT2D eigenvalue weighted by molar-refractivity contribution is -0.118. The van der Waals surface area contributed by atoms with Crippen molar-refractivity contribution < 1.29 is 28.2 Å². The summed E-state index contributed by atoms with van der Waals surface area (Å²) in [5.41, 5.74) is 1.99. The van der Waals surface area contributed by atoms with Gasteiger partial charge in [0.1, 0.15) is 24.2 Å². The summed E-state index contributed by atoms with van der Waals surface area (Å²) >= 11 is 0. The van der Waals surface area contributed by atoms with Crippen molar-refractivity contribution in [3.8, 4) is 11.5 Å². The van der Waals surface area contributed by atoms with E-state index >= 15 is 0 Å². The van der Waals surface area contributed by atoms with Crippen molar-refractivity contribution in [2.45, 2.75) is 31.3 Å². The monoisotopic (exact) mass is 527 g/mol. The van der Waals surface area contributed by atoms with Gasteiger partial charge in [0.25, 0.3) is 10.0 Å². The number of sulfonamides is 1. The van der Waals surface area contributed by atoms with Crippen LogP contribution in [0.3, 0.4) is 0 Å². The van der Waals surface area contributed by atoms with Crippen LogP contribution < -0.4 is 20.1 Å². The minimum Gasteiger partial charge on any atom is -0.508 e. The maximum Gasteiger partial charge on any atom is 0.261 e. The Kier molecular flexibility index (Phi) is 9.90. The molecular weight excluding hydrogens is 494 g/mol. The van der Waals surface area contributed by atoms with Crippen molar-refractivity contribution in [1.82, 2.24) is 5.32 Å². The van der Waals surface area contributed by atoms with E-state index in [0.29, 0.717) is 36.6 Å². The average molecular weight is 528 g/mol. The maximum absolute atomic E-state index is 12.7. The Hall–Kier alpha value is -3.60. The first kappa shape index (κ1) is 28.0. The van der Waals surface area contributed by atoms with Crippen LogP contribution in [0.5, 0.6) is 11.5 Å². The summed E-state index contributed by atoms with van der Waals surface area (Å²) in [6.45, 7) is 4.67. The number of rotatable bonds is 13. The zero-order chi connectivity index (χ0) is 26.8. The normalized spacial score (nSPS) is 12.2. The Bertz CT molecular complexity index is 1240. The Labute approximate surface area is 217 Å². The number of phenolic OH excluding ortho intramolecular Hbond substituents is 1. The molecule has 0 heterocycles. The molecule has 1 amide bonds. The number of carbonyl (C=O) groups is 1. The fraction of sp³-hybridized carbons (Fsp3) is 0.296. The van der Waals surface area contributed by atoms with Gasteiger partial charge in [0.05, 0.1) is 4.90 Å². The first-order chi connectivity index (χ1) is 17.6. The number of amides is 1. The minimum atomic E-state index is -3.77. The molecule has 0 spiro atoms. The molecule has 0 saturated carbocycles. The molecule has 0 fully saturated rings. The number of hydrogen-bond acceptors (Lipinski definition) is 7. The van der Waals surface area contributed by atoms with Gasteiger partial charge in [0.15, 0.2) is 0 Å². The SMILES string of the molecule is CC(C)C(=O)Nc1ccc(S(=O)(=O)Nc2ccc(CCNC[C@H](O)COc3ccc(O)cc3)cc2)cc1. The van der Waals surface area contributed by atoms with Crippen molar-refractivity contribution in [3.63, 3.8) is 0 Å². The Morgan fingerprint density at radius 2 is 1.54 bits per heavy atom. The van der Waals surface area contributed by atoms with E-state index in [-0.39, 0.29) is 29.1 Å². The molecule has 0 radical (unpaired) electrons. The number of ether oxygens (including phenoxy) is 1. The molecule has 0 unspecified atom stereocenters. The highest BCUT2D eigenvalue weighted by molar-refractivity contribution is 7.92. The number of aliphatic hydroxyl groups excluding tert-OH is 1. The zero-order valence-corrected chi connectivity index (χ0v) is 21.7. The van der Waals surface area contributed by atoms with E-state index in [9.17, 15) is 23.4 Å². The number of carbonyl (C=O) groups excluding carboxylic acids is 1. The highest BCUT2D eigenvalue weighted by Gasteiger charge is 2.15. The molecule has 0 saturated heterocycles. The molecule has 0 aliphatic carbocycles. The van der Waals surface area contributed by atoms with Crippen molar-refractivity contribution in [2.24, 2.45) is 5.92 Å². The number of anilines is 2. The van der Waals surface area contributed by atoms with E-state index in [2.05, 4.69) is 15.4 Å². The predicted octanol–water partition coefficient (Wildman–Crippen LogP) is 3.36. The molecular formula is C27H33N3O6S. The molecule has 3 aromatic carbocycles. The Morgan fingerprint density at radius 1 is 0.919 bits per heavy atom. The first-order valence-electron chi connectivity index (χ1n) is 12.0. The summed E-state index contributed by atoms with van der Waals surface area (Å²) in [5.74, 6) is 0.409. The molecule has 9 nitrogen and oxygen atoms in total. The van der Waals surface area contributed by atoms with Crippen LogP contribution in [0.15, 0.2) is 77.7 Å². The van der Waals surface area contributed by atoms with Gasteiger partial charge in [-0.15, -0.1) is 0 Å². The maximum atomic E-state index is 12.7. The van der Waals surface area contributed by atoms with Crippen LogP contribution in [0.2, 0.25) is 0 Å². The van der Waals surface area contributed by atoms with Crippen molar-refractivity contribution in [2.75, 3.05) is 29.7 Å². The Balaban J connectivity index is 1.41. The summed E-state index contributed by atoms with van der Waals surface area (Å²) < 4.78 is 33.5. The number of aromatic hydroxyl groups is 1. The zero-order valence-electron chi connectivity index (χ0n) is 20.8. The van der Waals surface area contributed by atoms with Crippen LogP contribution >= 0.6 is 0 Å². The number of phenols is 1. The van der Waals surface area contributed by atoms with Gasteiger partial charge in [0, 0.05) is 23.8 Å². The molecule has 3 aromatic rings. The van der Waals surface area contributed by atoms with Crippen LogP contribution in [0.25, 0.3) is 0 Å². The van der Waals surface area contributed by atoms with Gasteiger partial charge in [0.2, 0.25) is 5.91 Å². The second-order valence-corrected chi connectivity index (χ2v) is 10.6. The van der Waals surface area contributed by atoms with Gasteiger partial charge in [-0.05, 0) is 79.2 Å². The van der Waals surface area contributed by atoms with Crippen LogP contribution in [-0.4, -0.2) is 50.3 Å². The van der Waals surface area contributed by atoms with Gasteiger partial charge in [-0.25, -0.2) is 8.42 Å². The quantitative estimate of drug-likeness (QED) is 0.215. The van der Waals surface area contributed by atoms with E-state index in [0.717, 1.165) is 5.56 Å². The molecule has 0 bridgehead atoms. The van der Waals surface area contributed by atoms with E-state index in [4.69, 9.17) is 4.74 Å². The number of aliphatic hydroxyl groups is 1. The second-order valence-electron chi connectivity index (χ2n) is 8.88. The third-order valence-electron chi connectivity index (χ3n) is 5.41. The van der Waals surface area contributed by atoms with Gasteiger partial charge in [-0.1, -0.05) is 26.0 Å². The van der Waals surface area contributed by atoms with Crippen molar-refractivity contribution in [3.05, 3.63) is 78.4 Å². The Morgan fingerprint density at radius 3 is 2.16 bits per heavy atom. The molecule has 37 heavy (non-hydrogen) atoms. The summed E-state index contributed by atoms with van der Waals surface area (Å²) in [4.78, 5) is 11.9. The third kappa shape index (κ3) is 9.09. The van der Waals surface area contributed by atoms with E-state index in [1.165, 1.54) is 24.3 Å². The summed E-state index contributed by atoms with van der Waals surface area (Å²) in [7, 11) is -3.77. The molecule has 0 aliphatic rings. The van der Waals surface area contributed by atoms with Crippen molar-refractivity contribution >= 4 is 27.3 Å². The third-order valence-corrected chi connectivity index (χ3v) is 6.81. The lowest BCUT2D eigenvalue weighted by atomic mass is 10.1. The van der Waals surface area contributed by atoms with Gasteiger partial charge < -0.3 is 25.6 Å². The fourth-order valence-corrected chi connectivity index (χ4v) is 4.31. The van der Waals surface area contributed by atoms with E-state index in [1.54, 1.807) is 50.2 Å². The standard InChI is InChI=1S/C27H33N3O6S/c1-19(2)27(33)29-21-7-13-26(14-8-21)37(34,35)30-22-5-3-20(4-6-22)15-16-28-17-24(32)18-36-25-11-9-23(31)10-12-25/h3-14,19,24,28,30-32H,15-18H2,1-2H3,(H,29,33)/t24-/m0/s1. The van der Waals surface area contributed by atoms with Crippen LogP contribution in [0, 0.1) is 5.92 Å². The molecule has 3 rings (SSSR count). The second kappa shape index (κ2) is 13.1. The van der Waals surface area contributed by atoms with Crippen LogP contribution in [-0.2, 0) is 21.2 Å². The molecule has 10 heteroatoms. The lowest BCUT2D eigenvalue weighted by Gasteiger charge is -2.13. The number of hydrogen-bond donors (Lipinski definition) is 5. The topological polar surface area (TPSA) is 137 Å². The number of benzene rings is 3. The van der Waals surface area contributed by atoms with Crippen LogP contribution in [0.4, 0.5) is 11.4 Å². The fourth-order valence-electron chi connectivity index (χ4n) is 3.25. The minimum absolute atomic E-state index is 0.0938. The summed E-state index contributed by atoms with van der Waals surface area (Å²) in [6.07, 6.45) is 0.00778. The van der Waals surface area contributed by atoms with Crippen LogP contribution in [0.1, 0.15) is 19.4 Å². The molecule has 0 aliphatic heterocycles. The van der Waals surface area contributed by atoms with Crippen molar-refractivity contribution in [1.29, 1.82) is 0 Å². The highest BCUT2D eigenvalue weighted by Crippen LogP contribution is 2.19. The number of nitrogens with one attached hydrogen (secondary N) is 3. The smallest absolute Gasteiger partial charge is 0.261 e. The van der Waals surface area contributed by atoms with Gasteiger partial charge in [-0.3, -0.25) is 9.52 Å². The van der Waals surface area contributed by atoms with Gasteiger partial charge in [-0.2, -0.15) is 0 Å². The predicted molar refractivity (Wildman–Crippen MR) is 143 cm³/mol. The lowest BCUT2D eigenvalue weighted by Crippen LogP contribution is -2.32. The summed E-state index contributed by atoms with van der Waals surface area (Å²) in [5, 5.41) is 25.2.